The van der Waals surface area contributed by atoms with Crippen LogP contribution in [-0.2, 0) is 14.3 Å². The van der Waals surface area contributed by atoms with E-state index in [4.69, 9.17) is 14.2 Å². The van der Waals surface area contributed by atoms with E-state index in [9.17, 15) is 14.7 Å². The Morgan fingerprint density at radius 2 is 1.91 bits per heavy atom. The highest BCUT2D eigenvalue weighted by molar-refractivity contribution is 9.10. The van der Waals surface area contributed by atoms with Gasteiger partial charge in [0.05, 0.1) is 31.9 Å². The Bertz CT molecular complexity index is 1060. The number of hydrogen-bond acceptors (Lipinski definition) is 6. The number of ether oxygens (including phenoxy) is 3. The van der Waals surface area contributed by atoms with Gasteiger partial charge in [-0.25, -0.2) is 0 Å². The highest BCUT2D eigenvalue weighted by Crippen LogP contribution is 2.44. The van der Waals surface area contributed by atoms with E-state index in [0.717, 1.165) is 17.3 Å². The van der Waals surface area contributed by atoms with Crippen molar-refractivity contribution in [2.45, 2.75) is 25.0 Å². The maximum atomic E-state index is 13.2. The van der Waals surface area contributed by atoms with Crippen molar-refractivity contribution in [3.63, 3.8) is 0 Å². The molecule has 2 atom stereocenters. The molecular formula is C24H24BrNO6. The van der Waals surface area contributed by atoms with Crippen LogP contribution >= 0.6 is 15.9 Å². The third kappa shape index (κ3) is 4.12. The lowest BCUT2D eigenvalue weighted by atomic mass is 9.94. The standard InChI is InChI=1S/C24H24BrNO6/c1-30-16-9-10-19(31-2)18(12-16)21-20(22(27)14-5-7-15(25)8-6-14)23(28)24(29)26(21)13-17-4-3-11-32-17/h5-10,12,17,21,27H,3-4,11,13H2,1-2H3/b22-20+. The molecule has 0 aromatic heterocycles. The lowest BCUT2D eigenvalue weighted by Crippen LogP contribution is -2.36. The predicted molar refractivity (Wildman–Crippen MR) is 122 cm³/mol. The largest absolute Gasteiger partial charge is 0.507 e. The normalized spacial score (nSPS) is 22.4. The van der Waals surface area contributed by atoms with Crippen LogP contribution < -0.4 is 9.47 Å². The fraction of sp³-hybridized carbons (Fsp3) is 0.333. The van der Waals surface area contributed by atoms with E-state index in [2.05, 4.69) is 15.9 Å². The fourth-order valence-corrected chi connectivity index (χ4v) is 4.48. The summed E-state index contributed by atoms with van der Waals surface area (Å²) in [6.07, 6.45) is 1.54. The second-order valence-corrected chi connectivity index (χ2v) is 8.62. The molecule has 2 aliphatic rings. The van der Waals surface area contributed by atoms with Gasteiger partial charge in [-0.2, -0.15) is 0 Å². The summed E-state index contributed by atoms with van der Waals surface area (Å²) in [4.78, 5) is 27.8. The number of likely N-dealkylation sites (tertiary alicyclic amines) is 1. The summed E-state index contributed by atoms with van der Waals surface area (Å²) in [5.74, 6) is -0.614. The number of amides is 1. The van der Waals surface area contributed by atoms with E-state index in [1.54, 1.807) is 42.5 Å². The van der Waals surface area contributed by atoms with Gasteiger partial charge in [-0.15, -0.1) is 0 Å². The number of methoxy groups -OCH3 is 2. The van der Waals surface area contributed by atoms with Crippen LogP contribution in [0.4, 0.5) is 0 Å². The summed E-state index contributed by atoms with van der Waals surface area (Å²) < 4.78 is 17.5. The minimum absolute atomic E-state index is 0.0156. The first-order chi connectivity index (χ1) is 15.4. The Hall–Kier alpha value is -2.84. The lowest BCUT2D eigenvalue weighted by molar-refractivity contribution is -0.140. The van der Waals surface area contributed by atoms with Crippen LogP contribution in [-0.4, -0.2) is 55.2 Å². The van der Waals surface area contributed by atoms with Crippen molar-refractivity contribution in [3.05, 3.63) is 63.6 Å². The van der Waals surface area contributed by atoms with Crippen molar-refractivity contribution < 1.29 is 28.9 Å². The molecule has 168 valence electrons. The van der Waals surface area contributed by atoms with Crippen molar-refractivity contribution in [2.24, 2.45) is 0 Å². The van der Waals surface area contributed by atoms with E-state index in [1.807, 2.05) is 0 Å². The summed E-state index contributed by atoms with van der Waals surface area (Å²) in [5.41, 5.74) is 1.01. The molecule has 0 aliphatic carbocycles. The van der Waals surface area contributed by atoms with Crippen LogP contribution in [0, 0.1) is 0 Å². The molecule has 0 saturated carbocycles. The molecule has 2 aliphatic heterocycles. The molecule has 2 aromatic carbocycles. The predicted octanol–water partition coefficient (Wildman–Crippen LogP) is 4.07. The van der Waals surface area contributed by atoms with E-state index in [-0.39, 0.29) is 24.0 Å². The average molecular weight is 502 g/mol. The molecule has 0 spiro atoms. The number of carbonyl (C=O) groups excluding carboxylic acids is 2. The van der Waals surface area contributed by atoms with Crippen LogP contribution in [0.5, 0.6) is 11.5 Å². The molecule has 2 fully saturated rings. The minimum atomic E-state index is -0.840. The summed E-state index contributed by atoms with van der Waals surface area (Å²) in [5, 5.41) is 11.2. The number of carbonyl (C=O) groups is 2. The third-order valence-corrected chi connectivity index (χ3v) is 6.34. The van der Waals surface area contributed by atoms with Gasteiger partial charge in [-0.3, -0.25) is 9.59 Å². The number of aliphatic hydroxyl groups excluding tert-OH is 1. The van der Waals surface area contributed by atoms with Crippen molar-refractivity contribution in [3.8, 4) is 11.5 Å². The average Bonchev–Trinajstić information content (AvgIpc) is 3.41. The first kappa shape index (κ1) is 22.4. The molecule has 7 nitrogen and oxygen atoms in total. The zero-order valence-electron chi connectivity index (χ0n) is 17.8. The third-order valence-electron chi connectivity index (χ3n) is 5.81. The molecule has 0 radical (unpaired) electrons. The van der Waals surface area contributed by atoms with Gasteiger partial charge in [-0.05, 0) is 43.2 Å². The van der Waals surface area contributed by atoms with Gasteiger partial charge in [0.25, 0.3) is 11.7 Å². The monoisotopic (exact) mass is 501 g/mol. The van der Waals surface area contributed by atoms with Crippen LogP contribution in [0.2, 0.25) is 0 Å². The molecule has 2 unspecified atom stereocenters. The molecule has 1 N–H and O–H groups in total. The SMILES string of the molecule is COc1ccc(OC)c(C2/C(=C(\O)c3ccc(Br)cc3)C(=O)C(=O)N2CC2CCCO2)c1. The summed E-state index contributed by atoms with van der Waals surface area (Å²) in [7, 11) is 3.06. The number of ketones is 1. The molecule has 1 amide bonds. The van der Waals surface area contributed by atoms with Gasteiger partial charge in [-0.1, -0.05) is 28.1 Å². The maximum absolute atomic E-state index is 13.2. The Labute approximate surface area is 194 Å². The van der Waals surface area contributed by atoms with Crippen molar-refractivity contribution in [1.29, 1.82) is 0 Å². The first-order valence-corrected chi connectivity index (χ1v) is 11.1. The second-order valence-electron chi connectivity index (χ2n) is 7.70. The lowest BCUT2D eigenvalue weighted by Gasteiger charge is -2.28. The Morgan fingerprint density at radius 3 is 2.53 bits per heavy atom. The molecule has 0 bridgehead atoms. The van der Waals surface area contributed by atoms with Gasteiger partial charge in [0.2, 0.25) is 0 Å². The zero-order valence-corrected chi connectivity index (χ0v) is 19.4. The number of aliphatic hydroxyl groups is 1. The van der Waals surface area contributed by atoms with Crippen LogP contribution in [0.1, 0.15) is 30.0 Å². The molecule has 8 heteroatoms. The fourth-order valence-electron chi connectivity index (χ4n) is 4.22. The zero-order chi connectivity index (χ0) is 22.8. The van der Waals surface area contributed by atoms with Crippen LogP contribution in [0.15, 0.2) is 52.5 Å². The van der Waals surface area contributed by atoms with Gasteiger partial charge >= 0.3 is 0 Å². The van der Waals surface area contributed by atoms with E-state index in [1.165, 1.54) is 19.1 Å². The van der Waals surface area contributed by atoms with Gasteiger partial charge in [0, 0.05) is 28.8 Å². The summed E-state index contributed by atoms with van der Waals surface area (Å²) in [6, 6.07) is 11.3. The second kappa shape index (κ2) is 9.34. The molecule has 2 heterocycles. The molecule has 4 rings (SSSR count). The Morgan fingerprint density at radius 1 is 1.16 bits per heavy atom. The van der Waals surface area contributed by atoms with Gasteiger partial charge < -0.3 is 24.2 Å². The number of benzene rings is 2. The molecular weight excluding hydrogens is 478 g/mol. The smallest absolute Gasteiger partial charge is 0.295 e. The topological polar surface area (TPSA) is 85.3 Å². The molecule has 2 aromatic rings. The summed E-state index contributed by atoms with van der Waals surface area (Å²) >= 11 is 3.37. The quantitative estimate of drug-likeness (QED) is 0.364. The highest BCUT2D eigenvalue weighted by atomic mass is 79.9. The van der Waals surface area contributed by atoms with Gasteiger partial charge in [0.1, 0.15) is 17.3 Å². The van der Waals surface area contributed by atoms with Crippen molar-refractivity contribution in [2.75, 3.05) is 27.4 Å². The maximum Gasteiger partial charge on any atom is 0.295 e. The number of halogens is 1. The van der Waals surface area contributed by atoms with Gasteiger partial charge in [0.15, 0.2) is 0 Å². The summed E-state index contributed by atoms with van der Waals surface area (Å²) in [6.45, 7) is 0.868. The van der Waals surface area contributed by atoms with Crippen molar-refractivity contribution in [1.82, 2.24) is 4.90 Å². The number of Topliss-reactive ketones (excluding diaryl/α,β-unsaturated/α-hetero) is 1. The van der Waals surface area contributed by atoms with Crippen LogP contribution in [0.25, 0.3) is 5.76 Å². The first-order valence-electron chi connectivity index (χ1n) is 10.3. The molecule has 2 saturated heterocycles. The highest BCUT2D eigenvalue weighted by Gasteiger charge is 2.48. The number of rotatable bonds is 6. The Kier molecular flexibility index (Phi) is 6.53. The van der Waals surface area contributed by atoms with Crippen LogP contribution in [0.3, 0.4) is 0 Å². The van der Waals surface area contributed by atoms with E-state index >= 15 is 0 Å². The number of hydrogen-bond donors (Lipinski definition) is 1. The van der Waals surface area contributed by atoms with E-state index < -0.39 is 17.7 Å². The Balaban J connectivity index is 1.89. The minimum Gasteiger partial charge on any atom is -0.507 e. The van der Waals surface area contributed by atoms with Crippen molar-refractivity contribution >= 4 is 33.4 Å². The van der Waals surface area contributed by atoms with E-state index in [0.29, 0.717) is 29.2 Å². The number of nitrogens with zero attached hydrogens (tertiary/aromatic N) is 1. The molecule has 32 heavy (non-hydrogen) atoms.